The Morgan fingerprint density at radius 3 is 2.64 bits per heavy atom. The summed E-state index contributed by atoms with van der Waals surface area (Å²) in [6, 6.07) is 13.0. The van der Waals surface area contributed by atoms with Crippen molar-refractivity contribution in [2.75, 3.05) is 24.6 Å². The number of aliphatic carboxylic acids is 2. The van der Waals surface area contributed by atoms with Crippen LogP contribution in [0.5, 0.6) is 0 Å². The molecule has 292 valence electrons. The van der Waals surface area contributed by atoms with E-state index < -0.39 is 46.5 Å². The molecule has 1 unspecified atom stereocenters. The van der Waals surface area contributed by atoms with Crippen molar-refractivity contribution in [3.05, 3.63) is 83.1 Å². The zero-order valence-corrected chi connectivity index (χ0v) is 32.0. The molecule has 2 amide bonds. The number of carboxylic acid groups (broad SMARTS) is 2. The Bertz CT molecular complexity index is 2290. The highest BCUT2D eigenvalue weighted by Gasteiger charge is 2.55. The number of carbonyl (C=O) groups excluding carboxylic acids is 2. The number of amides is 2. The van der Waals surface area contributed by atoms with Gasteiger partial charge in [-0.1, -0.05) is 29.4 Å². The maximum absolute atomic E-state index is 13.5. The molecule has 7 rings (SSSR count). The fourth-order valence-corrected chi connectivity index (χ4v) is 8.39. The quantitative estimate of drug-likeness (QED) is 0.0362. The number of amidine groups is 1. The largest absolute Gasteiger partial charge is 0.478 e. The lowest BCUT2D eigenvalue weighted by Gasteiger charge is -2.49. The number of hydrogen-bond donors (Lipinski definition) is 6. The zero-order chi connectivity index (χ0) is 39.7. The molecule has 3 atom stereocenters. The van der Waals surface area contributed by atoms with Crippen LogP contribution in [0, 0.1) is 0 Å². The Morgan fingerprint density at radius 2 is 1.96 bits per heavy atom. The summed E-state index contributed by atoms with van der Waals surface area (Å²) in [6.07, 6.45) is 5.95. The second-order valence-corrected chi connectivity index (χ2v) is 15.9. The maximum atomic E-state index is 13.5. The molecule has 56 heavy (non-hydrogen) atoms. The lowest BCUT2D eigenvalue weighted by molar-refractivity contribution is -0.663. The molecule has 0 bridgehead atoms. The first-order valence-corrected chi connectivity index (χ1v) is 19.5. The van der Waals surface area contributed by atoms with Crippen LogP contribution in [0.3, 0.4) is 0 Å². The van der Waals surface area contributed by atoms with Crippen molar-refractivity contribution in [3.8, 4) is 0 Å². The summed E-state index contributed by atoms with van der Waals surface area (Å²) < 4.78 is 8.03. The van der Waals surface area contributed by atoms with E-state index in [1.807, 2.05) is 59.4 Å². The number of β-lactam (4-membered cyclic amide) rings is 1. The number of oxime groups is 1. The van der Waals surface area contributed by atoms with E-state index >= 15 is 0 Å². The Balaban J connectivity index is 1.06. The molecule has 3 aliphatic rings. The third-order valence-corrected chi connectivity index (χ3v) is 11.5. The van der Waals surface area contributed by atoms with E-state index in [-0.39, 0.29) is 35.0 Å². The lowest BCUT2D eigenvalue weighted by Crippen LogP contribution is -2.71. The van der Waals surface area contributed by atoms with Gasteiger partial charge in [0.25, 0.3) is 11.8 Å². The first-order valence-electron chi connectivity index (χ1n) is 17.7. The highest BCUT2D eigenvalue weighted by molar-refractivity contribution is 8.00. The van der Waals surface area contributed by atoms with Crippen molar-refractivity contribution in [2.24, 2.45) is 15.9 Å². The molecule has 1 aromatic carbocycles. The van der Waals surface area contributed by atoms with Gasteiger partial charge in [-0.2, -0.15) is 13.9 Å². The van der Waals surface area contributed by atoms with Gasteiger partial charge in [-0.3, -0.25) is 19.5 Å². The van der Waals surface area contributed by atoms with Crippen LogP contribution in [0.4, 0.5) is 5.13 Å². The third kappa shape index (κ3) is 7.80. The number of aromatic nitrogens is 4. The number of nitrogens with zero attached hydrogens (tertiary/aromatic N) is 7. The number of thioether (sulfide) groups is 1. The van der Waals surface area contributed by atoms with Crippen molar-refractivity contribution in [3.63, 3.8) is 0 Å². The van der Waals surface area contributed by atoms with E-state index in [4.69, 9.17) is 21.3 Å². The molecule has 0 saturated carbocycles. The number of aliphatic imine (C=N–C) groups is 1. The van der Waals surface area contributed by atoms with Crippen molar-refractivity contribution < 1.29 is 38.8 Å². The van der Waals surface area contributed by atoms with Crippen LogP contribution in [0.15, 0.2) is 76.3 Å². The number of nitrogens with two attached hydrogens (primary N) is 2. The normalized spacial score (nSPS) is 20.4. The average molecular weight is 803 g/mol. The maximum Gasteiger partial charge on any atom is 0.352 e. The van der Waals surface area contributed by atoms with E-state index in [2.05, 4.69) is 29.7 Å². The summed E-state index contributed by atoms with van der Waals surface area (Å²) >= 11 is 2.09. The molecule has 18 nitrogen and oxygen atoms in total. The number of nitrogens with one attached hydrogen (secondary N) is 2. The van der Waals surface area contributed by atoms with Crippen LogP contribution >= 0.6 is 23.3 Å². The Kier molecular flexibility index (Phi) is 10.8. The minimum atomic E-state index is -1.80. The second-order valence-electron chi connectivity index (χ2n) is 14.0. The standard InChI is InChI=1S/C36H39N11O7S2/c1-36(2,34(52)53)54-43-25(29-42-35(38)56-44-29)30(48)41-26-31(49)47-27(33(50)51)21(18-55-32(26)47)17-45-13-4-6-23-24(45)11-14-46(23)16-19-7-9-20(10-8-19)28(37)40-22-5-3-12-39-15-22/h4,6-11,13-14,22,26,32,39H,3,5,12,15-18H2,1-2H3,(H6-,37,38,40,41,42,44,48,50,51,52,53)/p+1/b43-25-/t22?,26-,32-/m1/s1. The van der Waals surface area contributed by atoms with Crippen molar-refractivity contribution in [1.82, 2.24) is 29.5 Å². The topological polar surface area (TPSA) is 257 Å². The van der Waals surface area contributed by atoms with Crippen LogP contribution in [0.25, 0.3) is 11.0 Å². The molecule has 4 aromatic rings. The van der Waals surface area contributed by atoms with Crippen LogP contribution in [-0.2, 0) is 37.1 Å². The number of piperidine rings is 1. The van der Waals surface area contributed by atoms with Gasteiger partial charge in [-0.05, 0) is 44.9 Å². The number of nitrogen functional groups attached to an aromatic ring is 1. The number of carboxylic acids is 2. The van der Waals surface area contributed by atoms with E-state index in [1.165, 1.54) is 30.5 Å². The van der Waals surface area contributed by atoms with Gasteiger partial charge in [0.05, 0.1) is 6.04 Å². The molecular formula is C36H40N11O7S2+. The first-order chi connectivity index (χ1) is 26.8. The minimum Gasteiger partial charge on any atom is -0.478 e. The van der Waals surface area contributed by atoms with Gasteiger partial charge in [0, 0.05) is 59.8 Å². The average Bonchev–Trinajstić information content (AvgIpc) is 3.80. The number of pyridine rings is 1. The fraction of sp³-hybridized carbons (Fsp3) is 0.361. The molecule has 2 fully saturated rings. The first kappa shape index (κ1) is 38.4. The molecule has 0 aliphatic carbocycles. The van der Waals surface area contributed by atoms with Crippen LogP contribution in [-0.4, -0.2) is 106 Å². The number of rotatable bonds is 13. The van der Waals surface area contributed by atoms with Gasteiger partial charge in [0.15, 0.2) is 17.9 Å². The van der Waals surface area contributed by atoms with Gasteiger partial charge in [0.2, 0.25) is 22.7 Å². The number of anilines is 1. The highest BCUT2D eigenvalue weighted by Crippen LogP contribution is 2.40. The van der Waals surface area contributed by atoms with Gasteiger partial charge in [-0.15, -0.1) is 11.8 Å². The summed E-state index contributed by atoms with van der Waals surface area (Å²) in [7, 11) is 0. The Hall–Kier alpha value is -5.86. The molecule has 2 saturated heterocycles. The predicted molar refractivity (Wildman–Crippen MR) is 208 cm³/mol. The molecule has 3 aliphatic heterocycles. The SMILES string of the molecule is CC(C)(O/N=C(\C(=O)N[C@@H]1C(=O)N2C(C(=O)O)=C(C[n+]3cccc4c3ccn4Cc3ccc(C(N)=NC4CCCNC4)cc3)CS[C@H]12)c1nsc(N)n1)C(=O)O. The van der Waals surface area contributed by atoms with Crippen molar-refractivity contribution in [2.45, 2.75) is 62.8 Å². The van der Waals surface area contributed by atoms with Gasteiger partial charge < -0.3 is 41.7 Å². The van der Waals surface area contributed by atoms with E-state index in [1.54, 1.807) is 0 Å². The Labute approximate surface area is 328 Å². The predicted octanol–water partition coefficient (Wildman–Crippen LogP) is 0.891. The van der Waals surface area contributed by atoms with Crippen LogP contribution in [0.2, 0.25) is 0 Å². The smallest absolute Gasteiger partial charge is 0.352 e. The number of fused-ring (bicyclic) bond motifs is 2. The van der Waals surface area contributed by atoms with Crippen molar-refractivity contribution in [1.29, 1.82) is 0 Å². The van der Waals surface area contributed by atoms with Gasteiger partial charge >= 0.3 is 11.9 Å². The van der Waals surface area contributed by atoms with Gasteiger partial charge in [0.1, 0.15) is 28.5 Å². The molecule has 20 heteroatoms. The fourth-order valence-electron chi connectivity index (χ4n) is 6.62. The monoisotopic (exact) mass is 802 g/mol. The minimum absolute atomic E-state index is 0.0190. The number of carbonyl (C=O) groups is 4. The summed E-state index contributed by atoms with van der Waals surface area (Å²) in [5.74, 6) is -3.61. The molecule has 0 radical (unpaired) electrons. The molecule has 3 aromatic heterocycles. The molecule has 6 heterocycles. The van der Waals surface area contributed by atoms with E-state index in [0.29, 0.717) is 18.0 Å². The van der Waals surface area contributed by atoms with Crippen LogP contribution < -0.4 is 26.7 Å². The van der Waals surface area contributed by atoms with E-state index in [9.17, 15) is 29.4 Å². The molecular weight excluding hydrogens is 763 g/mol. The highest BCUT2D eigenvalue weighted by atomic mass is 32.2. The Morgan fingerprint density at radius 1 is 1.18 bits per heavy atom. The summed E-state index contributed by atoms with van der Waals surface area (Å²) in [5, 5.41) is 28.7. The van der Waals surface area contributed by atoms with E-state index in [0.717, 1.165) is 59.6 Å². The lowest BCUT2D eigenvalue weighted by atomic mass is 10.0. The summed E-state index contributed by atoms with van der Waals surface area (Å²) in [5.41, 5.74) is 13.9. The van der Waals surface area contributed by atoms with Crippen LogP contribution in [0.1, 0.15) is 43.6 Å². The molecule has 0 spiro atoms. The second kappa shape index (κ2) is 15.7. The summed E-state index contributed by atoms with van der Waals surface area (Å²) in [6.45, 7) is 5.11. The number of hydrogen-bond acceptors (Lipinski definition) is 13. The number of benzene rings is 1. The zero-order valence-electron chi connectivity index (χ0n) is 30.4. The third-order valence-electron chi connectivity index (χ3n) is 9.66. The summed E-state index contributed by atoms with van der Waals surface area (Å²) in [4.78, 5) is 66.2. The van der Waals surface area contributed by atoms with Crippen molar-refractivity contribution >= 4 is 74.8 Å². The molecule has 8 N–H and O–H groups in total. The van der Waals surface area contributed by atoms with Gasteiger partial charge in [-0.25, -0.2) is 9.59 Å².